The van der Waals surface area contributed by atoms with Crippen molar-refractivity contribution in [3.05, 3.63) is 23.5 Å². The Hall–Kier alpha value is -0.800. The fourth-order valence-corrected chi connectivity index (χ4v) is 1.77. The SMILES string of the molecule is Clc1cnccc1N1CCNCC1. The minimum Gasteiger partial charge on any atom is -0.368 e. The molecule has 1 aromatic rings. The topological polar surface area (TPSA) is 28.2 Å². The zero-order valence-electron chi connectivity index (χ0n) is 7.33. The average molecular weight is 198 g/mol. The van der Waals surface area contributed by atoms with E-state index in [1.54, 1.807) is 12.4 Å². The standard InChI is InChI=1S/C9H12ClN3/c10-8-7-12-2-1-9(8)13-5-3-11-4-6-13/h1-2,7,11H,3-6H2. The predicted molar refractivity (Wildman–Crippen MR) is 54.3 cm³/mol. The zero-order valence-corrected chi connectivity index (χ0v) is 8.09. The monoisotopic (exact) mass is 197 g/mol. The van der Waals surface area contributed by atoms with Crippen LogP contribution in [0.2, 0.25) is 5.02 Å². The second-order valence-corrected chi connectivity index (χ2v) is 3.47. The Morgan fingerprint density at radius 3 is 2.85 bits per heavy atom. The molecule has 1 saturated heterocycles. The number of hydrogen-bond donors (Lipinski definition) is 1. The van der Waals surface area contributed by atoms with Crippen molar-refractivity contribution in [2.24, 2.45) is 0 Å². The molecular formula is C9H12ClN3. The van der Waals surface area contributed by atoms with Gasteiger partial charge < -0.3 is 10.2 Å². The smallest absolute Gasteiger partial charge is 0.0822 e. The number of anilines is 1. The molecule has 0 unspecified atom stereocenters. The van der Waals surface area contributed by atoms with E-state index in [-0.39, 0.29) is 0 Å². The van der Waals surface area contributed by atoms with Crippen molar-refractivity contribution < 1.29 is 0 Å². The van der Waals surface area contributed by atoms with Crippen LogP contribution in [0.4, 0.5) is 5.69 Å². The summed E-state index contributed by atoms with van der Waals surface area (Å²) in [6, 6.07) is 1.97. The Balaban J connectivity index is 2.18. The summed E-state index contributed by atoms with van der Waals surface area (Å²) in [6.07, 6.45) is 3.47. The van der Waals surface area contributed by atoms with Gasteiger partial charge >= 0.3 is 0 Å². The summed E-state index contributed by atoms with van der Waals surface area (Å²) >= 11 is 6.03. The lowest BCUT2D eigenvalue weighted by atomic mass is 10.3. The number of hydrogen-bond acceptors (Lipinski definition) is 3. The zero-order chi connectivity index (χ0) is 9.10. The summed E-state index contributed by atoms with van der Waals surface area (Å²) in [6.45, 7) is 4.09. The number of nitrogens with zero attached hydrogens (tertiary/aromatic N) is 2. The predicted octanol–water partition coefficient (Wildman–Crippen LogP) is 1.14. The Kier molecular flexibility index (Phi) is 2.66. The Labute approximate surface area is 82.7 Å². The van der Waals surface area contributed by atoms with Gasteiger partial charge in [0.1, 0.15) is 0 Å². The van der Waals surface area contributed by atoms with Crippen molar-refractivity contribution in [3.8, 4) is 0 Å². The molecule has 0 aromatic carbocycles. The number of halogens is 1. The van der Waals surface area contributed by atoms with E-state index in [2.05, 4.69) is 15.2 Å². The molecule has 1 N–H and O–H groups in total. The van der Waals surface area contributed by atoms with Crippen molar-refractivity contribution in [3.63, 3.8) is 0 Å². The van der Waals surface area contributed by atoms with Crippen LogP contribution in [0.1, 0.15) is 0 Å². The molecule has 0 spiro atoms. The summed E-state index contributed by atoms with van der Waals surface area (Å²) in [5.41, 5.74) is 1.10. The number of piperazine rings is 1. The number of nitrogens with one attached hydrogen (secondary N) is 1. The molecule has 2 rings (SSSR count). The van der Waals surface area contributed by atoms with Crippen LogP contribution in [0.25, 0.3) is 0 Å². The highest BCUT2D eigenvalue weighted by molar-refractivity contribution is 6.33. The van der Waals surface area contributed by atoms with Gasteiger partial charge in [0.25, 0.3) is 0 Å². The summed E-state index contributed by atoms with van der Waals surface area (Å²) in [5, 5.41) is 4.04. The van der Waals surface area contributed by atoms with Crippen LogP contribution >= 0.6 is 11.6 Å². The van der Waals surface area contributed by atoms with Gasteiger partial charge in [-0.2, -0.15) is 0 Å². The van der Waals surface area contributed by atoms with Crippen LogP contribution in [0.3, 0.4) is 0 Å². The van der Waals surface area contributed by atoms with Gasteiger partial charge in [0, 0.05) is 38.6 Å². The lowest BCUT2D eigenvalue weighted by molar-refractivity contribution is 0.589. The molecule has 0 amide bonds. The Morgan fingerprint density at radius 2 is 2.15 bits per heavy atom. The molecule has 0 bridgehead atoms. The van der Waals surface area contributed by atoms with Crippen LogP contribution in [-0.2, 0) is 0 Å². The van der Waals surface area contributed by atoms with Crippen LogP contribution in [-0.4, -0.2) is 31.2 Å². The minimum absolute atomic E-state index is 0.740. The third kappa shape index (κ3) is 1.92. The molecule has 4 heteroatoms. The molecular weight excluding hydrogens is 186 g/mol. The fourth-order valence-electron chi connectivity index (χ4n) is 1.53. The number of pyridine rings is 1. The van der Waals surface area contributed by atoms with E-state index in [1.165, 1.54) is 0 Å². The third-order valence-corrected chi connectivity index (χ3v) is 2.50. The molecule has 0 radical (unpaired) electrons. The van der Waals surface area contributed by atoms with Crippen molar-refractivity contribution in [1.29, 1.82) is 0 Å². The van der Waals surface area contributed by atoms with Gasteiger partial charge in [0.05, 0.1) is 10.7 Å². The van der Waals surface area contributed by atoms with E-state index in [0.717, 1.165) is 36.9 Å². The first kappa shape index (κ1) is 8.78. The minimum atomic E-state index is 0.740. The lowest BCUT2D eigenvalue weighted by Crippen LogP contribution is -2.43. The van der Waals surface area contributed by atoms with Gasteiger partial charge in [0.15, 0.2) is 0 Å². The maximum Gasteiger partial charge on any atom is 0.0822 e. The van der Waals surface area contributed by atoms with E-state index in [0.29, 0.717) is 0 Å². The van der Waals surface area contributed by atoms with E-state index in [9.17, 15) is 0 Å². The van der Waals surface area contributed by atoms with Crippen LogP contribution in [0, 0.1) is 0 Å². The van der Waals surface area contributed by atoms with E-state index in [1.807, 2.05) is 6.07 Å². The van der Waals surface area contributed by atoms with Gasteiger partial charge in [-0.1, -0.05) is 11.6 Å². The van der Waals surface area contributed by atoms with E-state index in [4.69, 9.17) is 11.6 Å². The Morgan fingerprint density at radius 1 is 1.38 bits per heavy atom. The molecule has 0 aliphatic carbocycles. The van der Waals surface area contributed by atoms with E-state index >= 15 is 0 Å². The molecule has 0 atom stereocenters. The summed E-state index contributed by atoms with van der Waals surface area (Å²) in [4.78, 5) is 6.24. The summed E-state index contributed by atoms with van der Waals surface area (Å²) in [5.74, 6) is 0. The highest BCUT2D eigenvalue weighted by Gasteiger charge is 2.12. The molecule has 1 aliphatic heterocycles. The molecule has 1 aliphatic rings. The molecule has 1 fully saturated rings. The van der Waals surface area contributed by atoms with Gasteiger partial charge in [-0.25, -0.2) is 0 Å². The first-order valence-electron chi connectivity index (χ1n) is 4.43. The van der Waals surface area contributed by atoms with Crippen molar-refractivity contribution in [1.82, 2.24) is 10.3 Å². The normalized spacial score (nSPS) is 17.5. The molecule has 0 saturated carbocycles. The molecule has 1 aromatic heterocycles. The first-order chi connectivity index (χ1) is 6.38. The van der Waals surface area contributed by atoms with E-state index < -0.39 is 0 Å². The fraction of sp³-hybridized carbons (Fsp3) is 0.444. The summed E-state index contributed by atoms with van der Waals surface area (Å²) < 4.78 is 0. The van der Waals surface area contributed by atoms with Crippen LogP contribution in [0.15, 0.2) is 18.5 Å². The first-order valence-corrected chi connectivity index (χ1v) is 4.81. The average Bonchev–Trinajstić information content (AvgIpc) is 2.20. The van der Waals surface area contributed by atoms with Crippen molar-refractivity contribution in [2.45, 2.75) is 0 Å². The second-order valence-electron chi connectivity index (χ2n) is 3.06. The summed E-state index contributed by atoms with van der Waals surface area (Å²) in [7, 11) is 0. The van der Waals surface area contributed by atoms with Crippen LogP contribution < -0.4 is 10.2 Å². The maximum atomic E-state index is 6.03. The van der Waals surface area contributed by atoms with Gasteiger partial charge in [-0.05, 0) is 6.07 Å². The van der Waals surface area contributed by atoms with Crippen molar-refractivity contribution >= 4 is 17.3 Å². The Bertz CT molecular complexity index is 284. The van der Waals surface area contributed by atoms with Gasteiger partial charge in [-0.15, -0.1) is 0 Å². The highest BCUT2D eigenvalue weighted by atomic mass is 35.5. The maximum absolute atomic E-state index is 6.03. The third-order valence-electron chi connectivity index (χ3n) is 2.21. The van der Waals surface area contributed by atoms with Crippen molar-refractivity contribution in [2.75, 3.05) is 31.1 Å². The molecule has 70 valence electrons. The van der Waals surface area contributed by atoms with Crippen LogP contribution in [0.5, 0.6) is 0 Å². The van der Waals surface area contributed by atoms with Gasteiger partial charge in [0.2, 0.25) is 0 Å². The number of aromatic nitrogens is 1. The number of rotatable bonds is 1. The molecule has 13 heavy (non-hydrogen) atoms. The second kappa shape index (κ2) is 3.94. The van der Waals surface area contributed by atoms with Gasteiger partial charge in [-0.3, -0.25) is 4.98 Å². The molecule has 3 nitrogen and oxygen atoms in total. The largest absolute Gasteiger partial charge is 0.368 e. The highest BCUT2D eigenvalue weighted by Crippen LogP contribution is 2.23. The quantitative estimate of drug-likeness (QED) is 0.732. The lowest BCUT2D eigenvalue weighted by Gasteiger charge is -2.29. The molecule has 2 heterocycles.